The highest BCUT2D eigenvalue weighted by Crippen LogP contribution is 2.41. The minimum atomic E-state index is 1.16. The average molecular weight is 585 g/mol. The molecule has 0 radical (unpaired) electrons. The number of hydrogen-bond donors (Lipinski definition) is 0. The van der Waals surface area contributed by atoms with Gasteiger partial charge in [0.05, 0.1) is 16.6 Å². The third-order valence-electron chi connectivity index (χ3n) is 9.70. The van der Waals surface area contributed by atoms with Crippen molar-refractivity contribution in [1.82, 2.24) is 9.13 Å². The molecule has 0 aliphatic carbocycles. The van der Waals surface area contributed by atoms with E-state index in [2.05, 4.69) is 179 Å². The molecule has 2 aromatic heterocycles. The van der Waals surface area contributed by atoms with Crippen LogP contribution in [0.3, 0.4) is 0 Å². The molecule has 2 nitrogen and oxygen atoms in total. The predicted molar refractivity (Wildman–Crippen MR) is 196 cm³/mol. The van der Waals surface area contributed by atoms with Crippen LogP contribution in [0.5, 0.6) is 0 Å². The maximum absolute atomic E-state index is 2.44. The van der Waals surface area contributed by atoms with E-state index in [1.807, 2.05) is 0 Å². The van der Waals surface area contributed by atoms with Gasteiger partial charge in [-0.2, -0.15) is 0 Å². The summed E-state index contributed by atoms with van der Waals surface area (Å²) in [6.45, 7) is 0. The highest BCUT2D eigenvalue weighted by molar-refractivity contribution is 6.26. The van der Waals surface area contributed by atoms with Crippen LogP contribution in [-0.2, 0) is 0 Å². The van der Waals surface area contributed by atoms with E-state index < -0.39 is 0 Å². The van der Waals surface area contributed by atoms with Gasteiger partial charge in [0.15, 0.2) is 0 Å². The molecule has 0 aliphatic heterocycles. The van der Waals surface area contributed by atoms with Gasteiger partial charge in [0.2, 0.25) is 0 Å². The molecule has 0 bridgehead atoms. The Hall–Kier alpha value is -6.12. The van der Waals surface area contributed by atoms with Gasteiger partial charge in [0.1, 0.15) is 0 Å². The number of aromatic nitrogens is 2. The molecule has 8 aromatic carbocycles. The fourth-order valence-electron chi connectivity index (χ4n) is 7.64. The summed E-state index contributed by atoms with van der Waals surface area (Å²) in [4.78, 5) is 0. The smallest absolute Gasteiger partial charge is 0.0788 e. The van der Waals surface area contributed by atoms with Crippen LogP contribution in [0.2, 0.25) is 0 Å². The fraction of sp³-hybridized carbons (Fsp3) is 0. The van der Waals surface area contributed by atoms with Crippen LogP contribution in [0.1, 0.15) is 0 Å². The quantitative estimate of drug-likeness (QED) is 0.183. The predicted octanol–water partition coefficient (Wildman–Crippen LogP) is 11.9. The van der Waals surface area contributed by atoms with E-state index in [9.17, 15) is 0 Å². The lowest BCUT2D eigenvalue weighted by Gasteiger charge is -2.12. The third-order valence-corrected chi connectivity index (χ3v) is 9.70. The van der Waals surface area contributed by atoms with Crippen molar-refractivity contribution in [3.63, 3.8) is 0 Å². The van der Waals surface area contributed by atoms with Gasteiger partial charge in [0.25, 0.3) is 0 Å². The summed E-state index contributed by atoms with van der Waals surface area (Å²) in [5, 5.41) is 11.5. The Morgan fingerprint density at radius 2 is 0.848 bits per heavy atom. The van der Waals surface area contributed by atoms with Crippen LogP contribution in [0.15, 0.2) is 170 Å². The SMILES string of the molecule is c1ccc(-n2ccc3ccc4c5cc(-c6ccc7c8ccccc8c8ccccc8c7c6)ccc5n(-c5ccccc5)c4c32)cc1. The minimum absolute atomic E-state index is 1.16. The van der Waals surface area contributed by atoms with Crippen LogP contribution < -0.4 is 0 Å². The molecule has 2 heterocycles. The van der Waals surface area contributed by atoms with E-state index >= 15 is 0 Å². The maximum Gasteiger partial charge on any atom is 0.0788 e. The molecule has 0 atom stereocenters. The summed E-state index contributed by atoms with van der Waals surface area (Å²) in [5.41, 5.74) is 8.41. The largest absolute Gasteiger partial charge is 0.315 e. The number of rotatable bonds is 3. The summed E-state index contributed by atoms with van der Waals surface area (Å²) < 4.78 is 4.77. The molecule has 0 unspecified atom stereocenters. The summed E-state index contributed by atoms with van der Waals surface area (Å²) in [6.07, 6.45) is 2.20. The molecule has 214 valence electrons. The van der Waals surface area contributed by atoms with Gasteiger partial charge in [-0.3, -0.25) is 0 Å². The zero-order chi connectivity index (χ0) is 30.2. The molecule has 0 saturated carbocycles. The molecular formula is C44H28N2. The lowest BCUT2D eigenvalue weighted by molar-refractivity contribution is 1.12. The standard InChI is InChI=1S/C44H28N2/c1-3-11-32(12-4-1)45-26-25-29-19-23-39-41-28-31(21-24-42(41)46(44(39)43(29)45)33-13-5-2-6-14-33)30-20-22-38-36-17-8-7-15-34(36)35-16-9-10-18-37(35)40(38)27-30/h1-28H. The van der Waals surface area contributed by atoms with Crippen molar-refractivity contribution in [2.45, 2.75) is 0 Å². The second-order valence-corrected chi connectivity index (χ2v) is 12.2. The number of benzene rings is 8. The van der Waals surface area contributed by atoms with Gasteiger partial charge in [-0.25, -0.2) is 0 Å². The lowest BCUT2D eigenvalue weighted by atomic mass is 9.92. The Balaban J connectivity index is 1.27. The van der Waals surface area contributed by atoms with Crippen molar-refractivity contribution in [1.29, 1.82) is 0 Å². The van der Waals surface area contributed by atoms with Gasteiger partial charge in [-0.05, 0) is 92.0 Å². The van der Waals surface area contributed by atoms with Crippen LogP contribution in [0.4, 0.5) is 0 Å². The fourth-order valence-corrected chi connectivity index (χ4v) is 7.64. The van der Waals surface area contributed by atoms with Gasteiger partial charge >= 0.3 is 0 Å². The molecule has 10 aromatic rings. The Kier molecular flexibility index (Phi) is 5.31. The summed E-state index contributed by atoms with van der Waals surface area (Å²) in [6, 6.07) is 59.8. The summed E-state index contributed by atoms with van der Waals surface area (Å²) >= 11 is 0. The zero-order valence-electron chi connectivity index (χ0n) is 25.1. The monoisotopic (exact) mass is 584 g/mol. The van der Waals surface area contributed by atoms with E-state index in [0.717, 1.165) is 11.4 Å². The molecule has 0 saturated heterocycles. The van der Waals surface area contributed by atoms with Crippen LogP contribution in [0.25, 0.3) is 87.5 Å². The highest BCUT2D eigenvalue weighted by Gasteiger charge is 2.19. The first kappa shape index (κ1) is 25.2. The normalized spacial score (nSPS) is 11.9. The summed E-state index contributed by atoms with van der Waals surface area (Å²) in [7, 11) is 0. The van der Waals surface area contributed by atoms with Crippen LogP contribution >= 0.6 is 0 Å². The molecule has 2 heteroatoms. The number of hydrogen-bond acceptors (Lipinski definition) is 0. The second kappa shape index (κ2) is 9.69. The van der Waals surface area contributed by atoms with E-state index in [0.29, 0.717) is 0 Å². The molecule has 0 N–H and O–H groups in total. The second-order valence-electron chi connectivity index (χ2n) is 12.2. The third kappa shape index (κ3) is 3.59. The summed E-state index contributed by atoms with van der Waals surface area (Å²) in [5.74, 6) is 0. The van der Waals surface area contributed by atoms with Crippen LogP contribution in [0, 0.1) is 0 Å². The Morgan fingerprint density at radius 3 is 1.52 bits per heavy atom. The van der Waals surface area contributed by atoms with E-state index in [1.54, 1.807) is 0 Å². The number of nitrogens with zero attached hydrogens (tertiary/aromatic N) is 2. The first-order valence-corrected chi connectivity index (χ1v) is 15.9. The molecular weight excluding hydrogens is 556 g/mol. The van der Waals surface area contributed by atoms with E-state index in [1.165, 1.54) is 76.2 Å². The van der Waals surface area contributed by atoms with Crippen molar-refractivity contribution < 1.29 is 0 Å². The van der Waals surface area contributed by atoms with Gasteiger partial charge < -0.3 is 9.13 Å². The Bertz CT molecular complexity index is 2750. The molecule has 0 aliphatic rings. The molecule has 46 heavy (non-hydrogen) atoms. The first-order chi connectivity index (χ1) is 22.8. The first-order valence-electron chi connectivity index (χ1n) is 15.9. The molecule has 0 fully saturated rings. The van der Waals surface area contributed by atoms with E-state index in [4.69, 9.17) is 0 Å². The van der Waals surface area contributed by atoms with Crippen molar-refractivity contribution in [2.75, 3.05) is 0 Å². The molecule has 0 amide bonds. The van der Waals surface area contributed by atoms with Gasteiger partial charge in [-0.15, -0.1) is 0 Å². The number of fused-ring (bicyclic) bond motifs is 11. The molecule has 0 spiro atoms. The molecule has 10 rings (SSSR count). The average Bonchev–Trinajstić information content (AvgIpc) is 3.71. The van der Waals surface area contributed by atoms with Crippen LogP contribution in [-0.4, -0.2) is 9.13 Å². The Labute approximate surface area is 266 Å². The topological polar surface area (TPSA) is 9.86 Å². The van der Waals surface area contributed by atoms with Gasteiger partial charge in [0, 0.05) is 33.7 Å². The minimum Gasteiger partial charge on any atom is -0.315 e. The Morgan fingerprint density at radius 1 is 0.326 bits per heavy atom. The zero-order valence-corrected chi connectivity index (χ0v) is 25.1. The lowest BCUT2D eigenvalue weighted by Crippen LogP contribution is -1.97. The van der Waals surface area contributed by atoms with Crippen molar-refractivity contribution >= 4 is 65.0 Å². The van der Waals surface area contributed by atoms with Crippen molar-refractivity contribution in [3.05, 3.63) is 170 Å². The highest BCUT2D eigenvalue weighted by atomic mass is 15.0. The maximum atomic E-state index is 2.44. The van der Waals surface area contributed by atoms with Gasteiger partial charge in [-0.1, -0.05) is 115 Å². The van der Waals surface area contributed by atoms with Crippen molar-refractivity contribution in [2.24, 2.45) is 0 Å². The van der Waals surface area contributed by atoms with Crippen molar-refractivity contribution in [3.8, 4) is 22.5 Å². The van der Waals surface area contributed by atoms with E-state index in [-0.39, 0.29) is 0 Å². The number of para-hydroxylation sites is 2.